The van der Waals surface area contributed by atoms with Gasteiger partial charge in [0.25, 0.3) is 0 Å². The van der Waals surface area contributed by atoms with Crippen molar-refractivity contribution in [2.75, 3.05) is 13.2 Å². The third kappa shape index (κ3) is 47.4. The van der Waals surface area contributed by atoms with Crippen molar-refractivity contribution in [3.05, 3.63) is 97.2 Å². The Morgan fingerprint density at radius 2 is 0.629 bits per heavy atom. The fraction of sp³-hybridized carbons (Fsp3) is 0.661. The highest BCUT2D eigenvalue weighted by atomic mass is 16.6. The molecule has 0 saturated heterocycles. The van der Waals surface area contributed by atoms with Gasteiger partial charge in [-0.2, -0.15) is 0 Å². The number of hydrogen-bond donors (Lipinski definition) is 0. The van der Waals surface area contributed by atoms with Crippen LogP contribution in [0.3, 0.4) is 0 Å². The molecule has 0 spiro atoms. The number of allylic oxidation sites excluding steroid dienone is 16. The summed E-state index contributed by atoms with van der Waals surface area (Å²) in [6, 6.07) is 0. The quantitative estimate of drug-likeness (QED) is 0.0263. The van der Waals surface area contributed by atoms with Crippen molar-refractivity contribution in [2.24, 2.45) is 0 Å². The van der Waals surface area contributed by atoms with E-state index in [1.54, 1.807) is 0 Å². The van der Waals surface area contributed by atoms with Crippen molar-refractivity contribution in [3.63, 3.8) is 0 Å². The van der Waals surface area contributed by atoms with Crippen molar-refractivity contribution in [1.29, 1.82) is 0 Å². The van der Waals surface area contributed by atoms with Gasteiger partial charge in [0.1, 0.15) is 13.2 Å². The Morgan fingerprint density at radius 1 is 0.339 bits per heavy atom. The number of carbonyl (C=O) groups is 3. The molecule has 0 radical (unpaired) electrons. The fourth-order valence-corrected chi connectivity index (χ4v) is 6.60. The molecule has 0 aromatic carbocycles. The van der Waals surface area contributed by atoms with E-state index < -0.39 is 6.10 Å². The molecule has 0 aliphatic carbocycles. The molecule has 0 bridgehead atoms. The first-order valence-electron chi connectivity index (χ1n) is 25.2. The lowest BCUT2D eigenvalue weighted by atomic mass is 10.1. The molecule has 1 atom stereocenters. The lowest BCUT2D eigenvalue weighted by Gasteiger charge is -2.18. The molecule has 0 saturated carbocycles. The molecule has 0 aromatic rings. The minimum absolute atomic E-state index is 0.0955. The first-order chi connectivity index (χ1) is 30.5. The molecule has 0 fully saturated rings. The van der Waals surface area contributed by atoms with Gasteiger partial charge in [0.15, 0.2) is 6.10 Å². The number of esters is 3. The Kier molecular flexibility index (Phi) is 47.0. The fourth-order valence-electron chi connectivity index (χ4n) is 6.60. The van der Waals surface area contributed by atoms with Gasteiger partial charge in [0.2, 0.25) is 0 Å². The summed E-state index contributed by atoms with van der Waals surface area (Å²) in [5, 5.41) is 0. The Bertz CT molecular complexity index is 1260. The highest BCUT2D eigenvalue weighted by Crippen LogP contribution is 2.13. The van der Waals surface area contributed by atoms with E-state index >= 15 is 0 Å². The smallest absolute Gasteiger partial charge is 0.306 e. The number of carbonyl (C=O) groups excluding carboxylic acids is 3. The van der Waals surface area contributed by atoms with Crippen molar-refractivity contribution in [1.82, 2.24) is 0 Å². The lowest BCUT2D eigenvalue weighted by Crippen LogP contribution is -2.30. The number of hydrogen-bond acceptors (Lipinski definition) is 6. The van der Waals surface area contributed by atoms with Gasteiger partial charge in [0, 0.05) is 19.3 Å². The molecule has 0 aliphatic heterocycles. The predicted octanol–water partition coefficient (Wildman–Crippen LogP) is 16.6. The van der Waals surface area contributed by atoms with Crippen LogP contribution >= 0.6 is 0 Å². The van der Waals surface area contributed by atoms with Crippen LogP contribution in [0.1, 0.15) is 220 Å². The van der Waals surface area contributed by atoms with E-state index in [0.29, 0.717) is 19.3 Å². The largest absolute Gasteiger partial charge is 0.462 e. The van der Waals surface area contributed by atoms with Crippen molar-refractivity contribution in [3.8, 4) is 0 Å². The standard InChI is InChI=1S/C56H92O6/c1-4-7-10-13-16-19-22-24-26-28-30-32-34-37-40-43-46-49-55(58)61-52-53(51-60-54(57)48-45-42-39-36-21-18-15-12-9-6-3)62-56(59)50-47-44-41-38-35-33-31-29-27-25-23-20-17-14-11-8-5-2/h7-8,10-11,16-17,19-20,24-27,30-33,53H,4-6,9,12-15,18,21-23,28-29,34-52H2,1-3H3/b10-7-,11-8-,19-16-,20-17-,26-24-,27-25-,32-30-,33-31-. The highest BCUT2D eigenvalue weighted by molar-refractivity contribution is 5.71. The summed E-state index contributed by atoms with van der Waals surface area (Å²) < 4.78 is 16.7. The maximum absolute atomic E-state index is 12.8. The molecule has 1 unspecified atom stereocenters. The van der Waals surface area contributed by atoms with Crippen LogP contribution in [0.4, 0.5) is 0 Å². The highest BCUT2D eigenvalue weighted by Gasteiger charge is 2.19. The van der Waals surface area contributed by atoms with Gasteiger partial charge in [-0.05, 0) is 96.3 Å². The van der Waals surface area contributed by atoms with Crippen molar-refractivity contribution >= 4 is 17.9 Å². The maximum Gasteiger partial charge on any atom is 0.306 e. The summed E-state index contributed by atoms with van der Waals surface area (Å²) in [5.74, 6) is -0.950. The summed E-state index contributed by atoms with van der Waals surface area (Å²) in [4.78, 5) is 37.9. The molecule has 6 heteroatoms. The SMILES string of the molecule is CC/C=C\C/C=C\C/C=C\C/C=C\CCCCCCC(=O)OCC(COC(=O)CCCCCCCCCCCC)OC(=O)CCCCCC/C=C\C/C=C\C/C=C\C/C=C\CC. The second-order valence-electron chi connectivity index (χ2n) is 16.3. The van der Waals surface area contributed by atoms with Gasteiger partial charge in [-0.15, -0.1) is 0 Å². The van der Waals surface area contributed by atoms with Crippen LogP contribution in [0.15, 0.2) is 97.2 Å². The second-order valence-corrected chi connectivity index (χ2v) is 16.3. The molecule has 0 rings (SSSR count). The zero-order valence-corrected chi connectivity index (χ0v) is 40.1. The molecule has 6 nitrogen and oxygen atoms in total. The molecule has 0 aliphatic rings. The summed E-state index contributed by atoms with van der Waals surface area (Å²) >= 11 is 0. The van der Waals surface area contributed by atoms with Gasteiger partial charge in [0.05, 0.1) is 0 Å². The van der Waals surface area contributed by atoms with Crippen LogP contribution in [-0.4, -0.2) is 37.2 Å². The average Bonchev–Trinajstić information content (AvgIpc) is 3.27. The van der Waals surface area contributed by atoms with E-state index in [1.165, 1.54) is 44.9 Å². The molecule has 352 valence electrons. The number of unbranched alkanes of at least 4 members (excludes halogenated alkanes) is 17. The molecule has 0 aromatic heterocycles. The van der Waals surface area contributed by atoms with Crippen LogP contribution in [0.2, 0.25) is 0 Å². The van der Waals surface area contributed by atoms with E-state index in [0.717, 1.165) is 135 Å². The monoisotopic (exact) mass is 861 g/mol. The molecular weight excluding hydrogens is 769 g/mol. The Morgan fingerprint density at radius 3 is 0.984 bits per heavy atom. The molecule has 0 amide bonds. The minimum atomic E-state index is -0.799. The normalized spacial score (nSPS) is 12.9. The Labute approximate surface area is 381 Å². The maximum atomic E-state index is 12.8. The van der Waals surface area contributed by atoms with Gasteiger partial charge in [-0.3, -0.25) is 14.4 Å². The topological polar surface area (TPSA) is 78.9 Å². The van der Waals surface area contributed by atoms with E-state index in [2.05, 4.69) is 118 Å². The van der Waals surface area contributed by atoms with Gasteiger partial charge < -0.3 is 14.2 Å². The van der Waals surface area contributed by atoms with Crippen LogP contribution in [0, 0.1) is 0 Å². The summed E-state index contributed by atoms with van der Waals surface area (Å²) in [7, 11) is 0. The first-order valence-corrected chi connectivity index (χ1v) is 25.2. The zero-order valence-electron chi connectivity index (χ0n) is 40.1. The summed E-state index contributed by atoms with van der Waals surface area (Å²) in [6.07, 6.45) is 65.3. The third-order valence-corrected chi connectivity index (χ3v) is 10.3. The lowest BCUT2D eigenvalue weighted by molar-refractivity contribution is -0.167. The third-order valence-electron chi connectivity index (χ3n) is 10.3. The second kappa shape index (κ2) is 50.0. The Balaban J connectivity index is 4.46. The molecule has 0 N–H and O–H groups in total. The van der Waals surface area contributed by atoms with Gasteiger partial charge >= 0.3 is 17.9 Å². The minimum Gasteiger partial charge on any atom is -0.462 e. The zero-order chi connectivity index (χ0) is 45.1. The van der Waals surface area contributed by atoms with E-state index in [9.17, 15) is 14.4 Å². The van der Waals surface area contributed by atoms with Gasteiger partial charge in [-0.25, -0.2) is 0 Å². The van der Waals surface area contributed by atoms with Crippen LogP contribution < -0.4 is 0 Å². The first kappa shape index (κ1) is 58.3. The predicted molar refractivity (Wildman–Crippen MR) is 265 cm³/mol. The van der Waals surface area contributed by atoms with Crippen LogP contribution in [0.5, 0.6) is 0 Å². The summed E-state index contributed by atoms with van der Waals surface area (Å²) in [6.45, 7) is 6.34. The number of ether oxygens (including phenoxy) is 3. The molecule has 62 heavy (non-hydrogen) atoms. The molecular formula is C56H92O6. The number of rotatable bonds is 44. The van der Waals surface area contributed by atoms with Gasteiger partial charge in [-0.1, -0.05) is 201 Å². The van der Waals surface area contributed by atoms with E-state index in [1.807, 2.05) is 0 Å². The Hall–Kier alpha value is -3.67. The van der Waals surface area contributed by atoms with E-state index in [-0.39, 0.29) is 31.1 Å². The van der Waals surface area contributed by atoms with Crippen molar-refractivity contribution < 1.29 is 28.6 Å². The van der Waals surface area contributed by atoms with Crippen molar-refractivity contribution in [2.45, 2.75) is 226 Å². The van der Waals surface area contributed by atoms with Crippen LogP contribution in [-0.2, 0) is 28.6 Å². The molecule has 0 heterocycles. The van der Waals surface area contributed by atoms with Crippen LogP contribution in [0.25, 0.3) is 0 Å². The summed E-state index contributed by atoms with van der Waals surface area (Å²) in [5.41, 5.74) is 0. The van der Waals surface area contributed by atoms with E-state index in [4.69, 9.17) is 14.2 Å². The average molecular weight is 861 g/mol.